The molecule has 6 heteroatoms. The molecule has 6 nitrogen and oxygen atoms in total. The van der Waals surface area contributed by atoms with E-state index in [1.54, 1.807) is 30.3 Å². The Morgan fingerprint density at radius 3 is 2.36 bits per heavy atom. The van der Waals surface area contributed by atoms with Crippen LogP contribution in [-0.4, -0.2) is 48.5 Å². The van der Waals surface area contributed by atoms with Crippen molar-refractivity contribution >= 4 is 17.5 Å². The van der Waals surface area contributed by atoms with E-state index < -0.39 is 4.92 Å². The zero-order valence-electron chi connectivity index (χ0n) is 16.0. The van der Waals surface area contributed by atoms with Gasteiger partial charge in [0, 0.05) is 30.5 Å². The average Bonchev–Trinajstić information content (AvgIpc) is 3.13. The Labute approximate surface area is 164 Å². The largest absolute Gasteiger partial charge is 0.488 e. The third kappa shape index (κ3) is 5.27. The van der Waals surface area contributed by atoms with Gasteiger partial charge in [0.2, 0.25) is 0 Å². The third-order valence-corrected chi connectivity index (χ3v) is 5.22. The van der Waals surface area contributed by atoms with E-state index in [1.165, 1.54) is 44.1 Å². The summed E-state index contributed by atoms with van der Waals surface area (Å²) in [5.41, 5.74) is 1.33. The highest BCUT2D eigenvalue weighted by atomic mass is 16.6. The summed E-state index contributed by atoms with van der Waals surface area (Å²) >= 11 is 0. The molecule has 0 aromatic heterocycles. The first kappa shape index (κ1) is 19.8. The lowest BCUT2D eigenvalue weighted by Gasteiger charge is -2.28. The van der Waals surface area contributed by atoms with Crippen molar-refractivity contribution in [3.8, 4) is 5.75 Å². The van der Waals surface area contributed by atoms with Crippen LogP contribution >= 0.6 is 0 Å². The number of quaternary nitrogens is 1. The van der Waals surface area contributed by atoms with Gasteiger partial charge in [-0.15, -0.1) is 0 Å². The van der Waals surface area contributed by atoms with Crippen LogP contribution in [0.2, 0.25) is 0 Å². The number of likely N-dealkylation sites (tertiary alicyclic amines) is 1. The van der Waals surface area contributed by atoms with E-state index in [2.05, 4.69) is 7.05 Å². The molecule has 1 saturated heterocycles. The lowest BCUT2D eigenvalue weighted by atomic mass is 10.1. The summed E-state index contributed by atoms with van der Waals surface area (Å²) < 4.78 is 6.90. The van der Waals surface area contributed by atoms with Crippen LogP contribution in [-0.2, 0) is 0 Å². The first-order valence-electron chi connectivity index (χ1n) is 9.48. The molecule has 0 aliphatic carbocycles. The van der Waals surface area contributed by atoms with E-state index >= 15 is 0 Å². The molecule has 0 bridgehead atoms. The number of hydrogen-bond acceptors (Lipinski definition) is 4. The number of allylic oxidation sites excluding steroid dienone is 1. The highest BCUT2D eigenvalue weighted by Crippen LogP contribution is 2.18. The Kier molecular flexibility index (Phi) is 6.21. The van der Waals surface area contributed by atoms with Gasteiger partial charge in [-0.25, -0.2) is 0 Å². The molecule has 146 valence electrons. The number of nitrogens with zero attached hydrogens (tertiary/aromatic N) is 2. The Balaban J connectivity index is 1.52. The van der Waals surface area contributed by atoms with Crippen LogP contribution in [0.15, 0.2) is 54.6 Å². The first-order chi connectivity index (χ1) is 13.5. The zero-order valence-corrected chi connectivity index (χ0v) is 16.0. The summed E-state index contributed by atoms with van der Waals surface area (Å²) in [5, 5.41) is 10.7. The molecule has 1 heterocycles. The highest BCUT2D eigenvalue weighted by Gasteiger charge is 2.26. The molecular formula is C22H25N2O4+. The number of nitro benzene ring substituents is 1. The van der Waals surface area contributed by atoms with Crippen LogP contribution < -0.4 is 4.74 Å². The SMILES string of the molecule is C[N+]1(CCOc2ccc(C(=O)/C=C/c3ccc([N+](=O)[O-])cc3)cc2)CCCC1. The molecule has 0 N–H and O–H groups in total. The minimum atomic E-state index is -0.449. The maximum atomic E-state index is 12.3. The number of hydrogen-bond donors (Lipinski definition) is 0. The second kappa shape index (κ2) is 8.80. The van der Waals surface area contributed by atoms with Crippen molar-refractivity contribution in [2.45, 2.75) is 12.8 Å². The standard InChI is InChI=1S/C22H25N2O4/c1-24(14-2-3-15-24)16-17-28-21-11-7-19(8-12-21)22(25)13-6-18-4-9-20(10-5-18)23(26)27/h4-13H,2-3,14-17H2,1H3/q+1/b13-6+. The van der Waals surface area contributed by atoms with Crippen molar-refractivity contribution in [1.82, 2.24) is 0 Å². The number of nitro groups is 1. The normalized spacial score (nSPS) is 15.6. The molecule has 0 unspecified atom stereocenters. The molecule has 28 heavy (non-hydrogen) atoms. The average molecular weight is 381 g/mol. The maximum Gasteiger partial charge on any atom is 0.269 e. The number of non-ortho nitro benzene ring substituents is 1. The van der Waals surface area contributed by atoms with Gasteiger partial charge in [0.25, 0.3) is 5.69 Å². The topological polar surface area (TPSA) is 69.4 Å². The van der Waals surface area contributed by atoms with E-state index in [9.17, 15) is 14.9 Å². The number of ether oxygens (including phenoxy) is 1. The van der Waals surface area contributed by atoms with Crippen LogP contribution in [0.25, 0.3) is 6.08 Å². The molecule has 0 radical (unpaired) electrons. The van der Waals surface area contributed by atoms with Crippen LogP contribution in [0.4, 0.5) is 5.69 Å². The van der Waals surface area contributed by atoms with E-state index in [1.807, 2.05) is 12.1 Å². The van der Waals surface area contributed by atoms with Gasteiger partial charge in [-0.2, -0.15) is 0 Å². The summed E-state index contributed by atoms with van der Waals surface area (Å²) in [4.78, 5) is 22.5. The number of carbonyl (C=O) groups is 1. The summed E-state index contributed by atoms with van der Waals surface area (Å²) in [6.45, 7) is 4.11. The van der Waals surface area contributed by atoms with Crippen molar-refractivity contribution in [3.05, 3.63) is 75.8 Å². The predicted octanol–water partition coefficient (Wildman–Crippen LogP) is 4.11. The number of ketones is 1. The molecule has 3 rings (SSSR count). The third-order valence-electron chi connectivity index (χ3n) is 5.22. The van der Waals surface area contributed by atoms with Crippen molar-refractivity contribution in [3.63, 3.8) is 0 Å². The van der Waals surface area contributed by atoms with Crippen LogP contribution in [0.5, 0.6) is 5.75 Å². The van der Waals surface area contributed by atoms with Gasteiger partial charge in [-0.3, -0.25) is 14.9 Å². The summed E-state index contributed by atoms with van der Waals surface area (Å²) in [7, 11) is 2.27. The van der Waals surface area contributed by atoms with Gasteiger partial charge in [0.1, 0.15) is 18.9 Å². The van der Waals surface area contributed by atoms with Crippen molar-refractivity contribution in [1.29, 1.82) is 0 Å². The van der Waals surface area contributed by atoms with Crippen molar-refractivity contribution in [2.24, 2.45) is 0 Å². The molecule has 0 spiro atoms. The van der Waals surface area contributed by atoms with Crippen LogP contribution in [0, 0.1) is 10.1 Å². The molecule has 0 amide bonds. The van der Waals surface area contributed by atoms with Gasteiger partial charge in [0.15, 0.2) is 5.78 Å². The number of carbonyl (C=O) groups excluding carboxylic acids is 1. The van der Waals surface area contributed by atoms with Gasteiger partial charge < -0.3 is 9.22 Å². The molecule has 1 aliphatic rings. The quantitative estimate of drug-likeness (QED) is 0.227. The number of benzene rings is 2. The van der Waals surface area contributed by atoms with E-state index in [-0.39, 0.29) is 11.5 Å². The Bertz CT molecular complexity index is 851. The second-order valence-electron chi connectivity index (χ2n) is 7.42. The van der Waals surface area contributed by atoms with E-state index in [0.29, 0.717) is 12.2 Å². The fraction of sp³-hybridized carbons (Fsp3) is 0.318. The van der Waals surface area contributed by atoms with Crippen LogP contribution in [0.3, 0.4) is 0 Å². The number of likely N-dealkylation sites (N-methyl/N-ethyl adjacent to an activating group) is 1. The summed E-state index contributed by atoms with van der Waals surface area (Å²) in [5.74, 6) is 0.640. The molecule has 1 aliphatic heterocycles. The van der Waals surface area contributed by atoms with Gasteiger partial charge in [0.05, 0.1) is 25.1 Å². The summed E-state index contributed by atoms with van der Waals surface area (Å²) in [6.07, 6.45) is 5.70. The fourth-order valence-corrected chi connectivity index (χ4v) is 3.40. The van der Waals surface area contributed by atoms with Crippen molar-refractivity contribution < 1.29 is 18.9 Å². The number of rotatable bonds is 8. The molecule has 1 fully saturated rings. The second-order valence-corrected chi connectivity index (χ2v) is 7.42. The van der Waals surface area contributed by atoms with E-state index in [4.69, 9.17) is 4.74 Å². The van der Waals surface area contributed by atoms with Gasteiger partial charge in [-0.05, 0) is 48.0 Å². The predicted molar refractivity (Wildman–Crippen MR) is 108 cm³/mol. The monoisotopic (exact) mass is 381 g/mol. The van der Waals surface area contributed by atoms with E-state index in [0.717, 1.165) is 22.3 Å². The lowest BCUT2D eigenvalue weighted by molar-refractivity contribution is -0.897. The Morgan fingerprint density at radius 2 is 1.75 bits per heavy atom. The minimum Gasteiger partial charge on any atom is -0.488 e. The van der Waals surface area contributed by atoms with Crippen LogP contribution in [0.1, 0.15) is 28.8 Å². The molecular weight excluding hydrogens is 356 g/mol. The smallest absolute Gasteiger partial charge is 0.269 e. The highest BCUT2D eigenvalue weighted by molar-refractivity contribution is 6.06. The fourth-order valence-electron chi connectivity index (χ4n) is 3.40. The molecule has 0 atom stereocenters. The van der Waals surface area contributed by atoms with Gasteiger partial charge in [-0.1, -0.05) is 6.08 Å². The molecule has 2 aromatic rings. The minimum absolute atomic E-state index is 0.0276. The van der Waals surface area contributed by atoms with Gasteiger partial charge >= 0.3 is 0 Å². The Morgan fingerprint density at radius 1 is 1.11 bits per heavy atom. The first-order valence-corrected chi connectivity index (χ1v) is 9.48. The lowest BCUT2D eigenvalue weighted by Crippen LogP contribution is -2.43. The van der Waals surface area contributed by atoms with Crippen molar-refractivity contribution in [2.75, 3.05) is 33.3 Å². The molecule has 0 saturated carbocycles. The zero-order chi connectivity index (χ0) is 20.0. The maximum absolute atomic E-state index is 12.3. The Hall–Kier alpha value is -2.99. The summed E-state index contributed by atoms with van der Waals surface area (Å²) in [6, 6.07) is 13.2. The molecule has 2 aromatic carbocycles.